The van der Waals surface area contributed by atoms with Crippen LogP contribution < -0.4 is 5.32 Å². The van der Waals surface area contributed by atoms with Crippen LogP contribution in [-0.4, -0.2) is 4.98 Å². The van der Waals surface area contributed by atoms with Crippen molar-refractivity contribution < 1.29 is 13.2 Å². The van der Waals surface area contributed by atoms with Crippen molar-refractivity contribution in [2.24, 2.45) is 0 Å². The predicted molar refractivity (Wildman–Crippen MR) is 70.4 cm³/mol. The molecule has 0 bridgehead atoms. The highest BCUT2D eigenvalue weighted by atomic mass is 32.1. The molecule has 0 aliphatic heterocycles. The van der Waals surface area contributed by atoms with Crippen LogP contribution in [0.3, 0.4) is 0 Å². The second-order valence-electron chi connectivity index (χ2n) is 4.23. The van der Waals surface area contributed by atoms with E-state index in [1.165, 1.54) is 24.3 Å². The molecule has 1 heterocycles. The molecule has 0 radical (unpaired) electrons. The van der Waals surface area contributed by atoms with Gasteiger partial charge in [0, 0.05) is 16.8 Å². The van der Waals surface area contributed by atoms with Crippen molar-refractivity contribution in [2.75, 3.05) is 5.32 Å². The standard InChI is InChI=1S/C13H13F3N2S/c1-8-3-4-10(5-12(8)13(14,15)16)18-7-11-6-17-9(2)19-11/h3-6,18H,7H2,1-2H3. The molecule has 2 aromatic rings. The lowest BCUT2D eigenvalue weighted by Crippen LogP contribution is -2.08. The average molecular weight is 286 g/mol. The van der Waals surface area contributed by atoms with Gasteiger partial charge in [0.05, 0.1) is 17.1 Å². The van der Waals surface area contributed by atoms with E-state index in [0.717, 1.165) is 16.0 Å². The van der Waals surface area contributed by atoms with E-state index in [0.29, 0.717) is 12.2 Å². The Morgan fingerprint density at radius 1 is 1.26 bits per heavy atom. The van der Waals surface area contributed by atoms with E-state index >= 15 is 0 Å². The first kappa shape index (κ1) is 13.9. The van der Waals surface area contributed by atoms with Crippen LogP contribution in [0.5, 0.6) is 0 Å². The van der Waals surface area contributed by atoms with Gasteiger partial charge in [0.25, 0.3) is 0 Å². The third-order valence-electron chi connectivity index (χ3n) is 2.68. The molecule has 1 aromatic carbocycles. The molecule has 0 aliphatic carbocycles. The zero-order valence-corrected chi connectivity index (χ0v) is 11.3. The van der Waals surface area contributed by atoms with Crippen LogP contribution >= 0.6 is 11.3 Å². The fourth-order valence-corrected chi connectivity index (χ4v) is 2.45. The highest BCUT2D eigenvalue weighted by Gasteiger charge is 2.32. The van der Waals surface area contributed by atoms with Crippen LogP contribution in [0.2, 0.25) is 0 Å². The number of nitrogens with one attached hydrogen (secondary N) is 1. The maximum Gasteiger partial charge on any atom is 0.416 e. The second kappa shape index (κ2) is 5.21. The van der Waals surface area contributed by atoms with Gasteiger partial charge in [-0.15, -0.1) is 11.3 Å². The van der Waals surface area contributed by atoms with Crippen molar-refractivity contribution in [2.45, 2.75) is 26.6 Å². The number of thiazole rings is 1. The Kier molecular flexibility index (Phi) is 3.80. The number of aryl methyl sites for hydroxylation is 2. The van der Waals surface area contributed by atoms with Gasteiger partial charge in [-0.2, -0.15) is 13.2 Å². The summed E-state index contributed by atoms with van der Waals surface area (Å²) in [6, 6.07) is 4.27. The Balaban J connectivity index is 2.13. The van der Waals surface area contributed by atoms with Gasteiger partial charge in [-0.05, 0) is 31.5 Å². The average Bonchev–Trinajstić information content (AvgIpc) is 2.72. The minimum atomic E-state index is -4.32. The van der Waals surface area contributed by atoms with E-state index < -0.39 is 11.7 Å². The maximum atomic E-state index is 12.8. The number of hydrogen-bond donors (Lipinski definition) is 1. The van der Waals surface area contributed by atoms with Crippen LogP contribution in [0.1, 0.15) is 21.0 Å². The minimum Gasteiger partial charge on any atom is -0.380 e. The first-order valence-corrected chi connectivity index (χ1v) is 6.51. The van der Waals surface area contributed by atoms with Crippen molar-refractivity contribution >= 4 is 17.0 Å². The third kappa shape index (κ3) is 3.47. The van der Waals surface area contributed by atoms with Crippen molar-refractivity contribution in [1.82, 2.24) is 4.98 Å². The number of alkyl halides is 3. The van der Waals surface area contributed by atoms with E-state index in [9.17, 15) is 13.2 Å². The Labute approximate surface area is 113 Å². The summed E-state index contributed by atoms with van der Waals surface area (Å²) in [6.07, 6.45) is -2.59. The summed E-state index contributed by atoms with van der Waals surface area (Å²) in [5.41, 5.74) is 0.0913. The molecule has 102 valence electrons. The number of aromatic nitrogens is 1. The lowest BCUT2D eigenvalue weighted by atomic mass is 10.1. The van der Waals surface area contributed by atoms with Gasteiger partial charge < -0.3 is 5.32 Å². The maximum absolute atomic E-state index is 12.8. The Bertz CT molecular complexity index is 576. The summed E-state index contributed by atoms with van der Waals surface area (Å²) in [6.45, 7) is 3.83. The predicted octanol–water partition coefficient (Wildman–Crippen LogP) is 4.39. The van der Waals surface area contributed by atoms with Crippen LogP contribution in [0.4, 0.5) is 18.9 Å². The molecule has 0 saturated carbocycles. The highest BCUT2D eigenvalue weighted by molar-refractivity contribution is 7.11. The van der Waals surface area contributed by atoms with Gasteiger partial charge in [0.15, 0.2) is 0 Å². The lowest BCUT2D eigenvalue weighted by molar-refractivity contribution is -0.138. The first-order valence-electron chi connectivity index (χ1n) is 5.69. The van der Waals surface area contributed by atoms with Gasteiger partial charge in [0.1, 0.15) is 0 Å². The summed E-state index contributed by atoms with van der Waals surface area (Å²) in [7, 11) is 0. The van der Waals surface area contributed by atoms with Crippen LogP contribution in [-0.2, 0) is 12.7 Å². The van der Waals surface area contributed by atoms with Gasteiger partial charge >= 0.3 is 6.18 Å². The first-order chi connectivity index (χ1) is 8.86. The molecule has 1 aromatic heterocycles. The summed E-state index contributed by atoms with van der Waals surface area (Å²) < 4.78 is 38.3. The third-order valence-corrected chi connectivity index (χ3v) is 3.59. The van der Waals surface area contributed by atoms with Crippen LogP contribution in [0.15, 0.2) is 24.4 Å². The molecule has 1 N–H and O–H groups in total. The number of nitrogens with zero attached hydrogens (tertiary/aromatic N) is 1. The quantitative estimate of drug-likeness (QED) is 0.905. The zero-order valence-electron chi connectivity index (χ0n) is 10.5. The molecule has 0 atom stereocenters. The number of halogens is 3. The van der Waals surface area contributed by atoms with Gasteiger partial charge in [0.2, 0.25) is 0 Å². The van der Waals surface area contributed by atoms with Crippen molar-refractivity contribution in [3.05, 3.63) is 45.4 Å². The number of anilines is 1. The molecule has 0 saturated heterocycles. The SMILES string of the molecule is Cc1ncc(CNc2ccc(C)c(C(F)(F)F)c2)s1. The molecule has 2 rings (SSSR count). The molecular formula is C13H13F3N2S. The molecule has 0 unspecified atom stereocenters. The van der Waals surface area contributed by atoms with E-state index in [-0.39, 0.29) is 5.56 Å². The number of rotatable bonds is 3. The monoisotopic (exact) mass is 286 g/mol. The van der Waals surface area contributed by atoms with Crippen molar-refractivity contribution in [1.29, 1.82) is 0 Å². The van der Waals surface area contributed by atoms with Gasteiger partial charge in [-0.25, -0.2) is 4.98 Å². The van der Waals surface area contributed by atoms with Gasteiger partial charge in [-0.3, -0.25) is 0 Å². The largest absolute Gasteiger partial charge is 0.416 e. The van der Waals surface area contributed by atoms with Gasteiger partial charge in [-0.1, -0.05) is 6.07 Å². The van der Waals surface area contributed by atoms with E-state index in [1.807, 2.05) is 6.92 Å². The summed E-state index contributed by atoms with van der Waals surface area (Å²) in [5, 5.41) is 3.93. The van der Waals surface area contributed by atoms with E-state index in [2.05, 4.69) is 10.3 Å². The molecule has 6 heteroatoms. The minimum absolute atomic E-state index is 0.228. The fourth-order valence-electron chi connectivity index (χ4n) is 1.71. The Morgan fingerprint density at radius 3 is 2.58 bits per heavy atom. The van der Waals surface area contributed by atoms with E-state index in [1.54, 1.807) is 12.3 Å². The molecule has 19 heavy (non-hydrogen) atoms. The Hall–Kier alpha value is -1.56. The molecule has 2 nitrogen and oxygen atoms in total. The fraction of sp³-hybridized carbons (Fsp3) is 0.308. The smallest absolute Gasteiger partial charge is 0.380 e. The molecule has 0 aliphatic rings. The summed E-state index contributed by atoms with van der Waals surface area (Å²) >= 11 is 1.52. The molecule has 0 fully saturated rings. The second-order valence-corrected chi connectivity index (χ2v) is 5.55. The van der Waals surface area contributed by atoms with Crippen molar-refractivity contribution in [3.8, 4) is 0 Å². The zero-order chi connectivity index (χ0) is 14.0. The molecular weight excluding hydrogens is 273 g/mol. The molecule has 0 spiro atoms. The summed E-state index contributed by atoms with van der Waals surface area (Å²) in [5.74, 6) is 0. The van der Waals surface area contributed by atoms with Crippen LogP contribution in [0.25, 0.3) is 0 Å². The highest BCUT2D eigenvalue weighted by Crippen LogP contribution is 2.33. The lowest BCUT2D eigenvalue weighted by Gasteiger charge is -2.12. The normalized spacial score (nSPS) is 11.6. The van der Waals surface area contributed by atoms with Crippen molar-refractivity contribution in [3.63, 3.8) is 0 Å². The number of hydrogen-bond acceptors (Lipinski definition) is 3. The number of benzene rings is 1. The van der Waals surface area contributed by atoms with E-state index in [4.69, 9.17) is 0 Å². The molecule has 0 amide bonds. The summed E-state index contributed by atoms with van der Waals surface area (Å²) in [4.78, 5) is 5.09. The van der Waals surface area contributed by atoms with Crippen LogP contribution in [0, 0.1) is 13.8 Å². The Morgan fingerprint density at radius 2 is 2.00 bits per heavy atom. The topological polar surface area (TPSA) is 24.9 Å².